The first kappa shape index (κ1) is 11.9. The third-order valence-electron chi connectivity index (χ3n) is 2.48. The van der Waals surface area contributed by atoms with Gasteiger partial charge in [0.25, 0.3) is 0 Å². The zero-order valence-corrected chi connectivity index (χ0v) is 10.2. The van der Waals surface area contributed by atoms with Gasteiger partial charge >= 0.3 is 0 Å². The van der Waals surface area contributed by atoms with Gasteiger partial charge in [-0.1, -0.05) is 42.5 Å². The van der Waals surface area contributed by atoms with Gasteiger partial charge in [0.2, 0.25) is 0 Å². The summed E-state index contributed by atoms with van der Waals surface area (Å²) in [5.41, 5.74) is 1.61. The van der Waals surface area contributed by atoms with E-state index >= 15 is 0 Å². The minimum absolute atomic E-state index is 0.0321. The second kappa shape index (κ2) is 4.72. The van der Waals surface area contributed by atoms with Crippen molar-refractivity contribution in [2.75, 3.05) is 0 Å². The summed E-state index contributed by atoms with van der Waals surface area (Å²) in [5, 5.41) is 0. The topological polar surface area (TPSA) is 34.1 Å². The molecule has 0 saturated heterocycles. The van der Waals surface area contributed by atoms with E-state index in [1.165, 1.54) is 0 Å². The van der Waals surface area contributed by atoms with Crippen molar-refractivity contribution in [2.24, 2.45) is 0 Å². The van der Waals surface area contributed by atoms with E-state index in [0.717, 1.165) is 11.1 Å². The lowest BCUT2D eigenvalue weighted by atomic mass is 10.2. The first-order chi connectivity index (χ1) is 8.08. The van der Waals surface area contributed by atoms with Crippen molar-refractivity contribution in [2.45, 2.75) is 10.6 Å². The average Bonchev–Trinajstić information content (AvgIpc) is 2.30. The average molecular weight is 245 g/mol. The van der Waals surface area contributed by atoms with E-state index in [1.54, 1.807) is 24.3 Å². The second-order valence-corrected chi connectivity index (χ2v) is 5.88. The van der Waals surface area contributed by atoms with Crippen molar-refractivity contribution in [1.29, 1.82) is 0 Å². The molecule has 0 spiro atoms. The maximum absolute atomic E-state index is 12.1. The van der Waals surface area contributed by atoms with Crippen molar-refractivity contribution >= 4 is 9.84 Å². The van der Waals surface area contributed by atoms with Gasteiger partial charge in [-0.25, -0.2) is 8.42 Å². The molecular formula is C14H13O2S. The van der Waals surface area contributed by atoms with Crippen molar-refractivity contribution in [1.82, 2.24) is 0 Å². The van der Waals surface area contributed by atoms with E-state index < -0.39 is 9.84 Å². The summed E-state index contributed by atoms with van der Waals surface area (Å²) in [5.74, 6) is 0.0321. The highest BCUT2D eigenvalue weighted by molar-refractivity contribution is 7.90. The zero-order valence-electron chi connectivity index (χ0n) is 9.34. The van der Waals surface area contributed by atoms with Crippen molar-refractivity contribution in [3.05, 3.63) is 72.6 Å². The number of hydrogen-bond donors (Lipinski definition) is 0. The van der Waals surface area contributed by atoms with Gasteiger partial charge in [0.15, 0.2) is 9.84 Å². The van der Waals surface area contributed by atoms with Crippen molar-refractivity contribution in [3.63, 3.8) is 0 Å². The standard InChI is InChI=1S/C14H13O2S/c1-12-7-9-14(10-8-12)17(15,16)11-13-5-3-2-4-6-13/h2-10H,1,11H2. The van der Waals surface area contributed by atoms with Gasteiger partial charge in [-0.15, -0.1) is 0 Å². The molecule has 0 aliphatic carbocycles. The van der Waals surface area contributed by atoms with Crippen LogP contribution in [0.2, 0.25) is 0 Å². The van der Waals surface area contributed by atoms with E-state index in [1.807, 2.05) is 30.3 Å². The Kier molecular flexibility index (Phi) is 3.29. The Morgan fingerprint density at radius 2 is 1.47 bits per heavy atom. The normalized spacial score (nSPS) is 11.4. The van der Waals surface area contributed by atoms with Gasteiger partial charge in [-0.3, -0.25) is 0 Å². The fraction of sp³-hybridized carbons (Fsp3) is 0.0714. The summed E-state index contributed by atoms with van der Waals surface area (Å²) in [4.78, 5) is 0.341. The summed E-state index contributed by atoms with van der Waals surface area (Å²) < 4.78 is 24.2. The van der Waals surface area contributed by atoms with Crippen LogP contribution >= 0.6 is 0 Å². The lowest BCUT2D eigenvalue weighted by molar-refractivity contribution is 0.595. The van der Waals surface area contributed by atoms with E-state index in [-0.39, 0.29) is 5.75 Å². The van der Waals surface area contributed by atoms with Crippen LogP contribution in [0.4, 0.5) is 0 Å². The van der Waals surface area contributed by atoms with Crippen LogP contribution in [-0.4, -0.2) is 8.42 Å². The molecule has 0 unspecified atom stereocenters. The molecule has 2 aromatic rings. The Balaban J connectivity index is 2.29. The molecule has 0 atom stereocenters. The number of rotatable bonds is 3. The smallest absolute Gasteiger partial charge is 0.182 e. The lowest BCUT2D eigenvalue weighted by Crippen LogP contribution is -2.04. The lowest BCUT2D eigenvalue weighted by Gasteiger charge is -2.04. The highest BCUT2D eigenvalue weighted by Gasteiger charge is 2.14. The second-order valence-electron chi connectivity index (χ2n) is 3.89. The van der Waals surface area contributed by atoms with Crippen LogP contribution in [0.5, 0.6) is 0 Å². The third kappa shape index (κ3) is 2.94. The van der Waals surface area contributed by atoms with Gasteiger partial charge in [-0.2, -0.15) is 0 Å². The summed E-state index contributed by atoms with van der Waals surface area (Å²) in [7, 11) is -3.26. The van der Waals surface area contributed by atoms with Gasteiger partial charge in [0, 0.05) is 0 Å². The van der Waals surface area contributed by atoms with E-state index in [2.05, 4.69) is 6.92 Å². The highest BCUT2D eigenvalue weighted by atomic mass is 32.2. The van der Waals surface area contributed by atoms with Crippen LogP contribution in [0.25, 0.3) is 0 Å². The van der Waals surface area contributed by atoms with Gasteiger partial charge in [0.05, 0.1) is 10.6 Å². The molecule has 0 fully saturated rings. The molecule has 0 saturated carbocycles. The molecule has 1 radical (unpaired) electrons. The largest absolute Gasteiger partial charge is 0.223 e. The molecule has 3 heteroatoms. The zero-order chi connectivity index (χ0) is 12.3. The minimum atomic E-state index is -3.26. The van der Waals surface area contributed by atoms with Gasteiger partial charge < -0.3 is 0 Å². The predicted molar refractivity (Wildman–Crippen MR) is 68.2 cm³/mol. The summed E-state index contributed by atoms with van der Waals surface area (Å²) in [6.07, 6.45) is 0. The first-order valence-corrected chi connectivity index (χ1v) is 6.92. The van der Waals surface area contributed by atoms with Crippen LogP contribution < -0.4 is 0 Å². The van der Waals surface area contributed by atoms with Crippen LogP contribution in [0.3, 0.4) is 0 Å². The van der Waals surface area contributed by atoms with E-state index in [4.69, 9.17) is 0 Å². The SMILES string of the molecule is [CH2]c1ccc(S(=O)(=O)Cc2ccccc2)cc1. The quantitative estimate of drug-likeness (QED) is 0.833. The fourth-order valence-electron chi connectivity index (χ4n) is 1.57. The maximum Gasteiger partial charge on any atom is 0.182 e. The Labute approximate surface area is 102 Å². The van der Waals surface area contributed by atoms with Gasteiger partial charge in [-0.05, 0) is 30.2 Å². The number of sulfone groups is 1. The molecule has 0 bridgehead atoms. The first-order valence-electron chi connectivity index (χ1n) is 5.27. The molecule has 0 amide bonds. The van der Waals surface area contributed by atoms with Crippen LogP contribution in [0.15, 0.2) is 59.5 Å². The molecule has 0 N–H and O–H groups in total. The molecule has 17 heavy (non-hydrogen) atoms. The molecule has 0 heterocycles. The van der Waals surface area contributed by atoms with Crippen LogP contribution in [-0.2, 0) is 15.6 Å². The third-order valence-corrected chi connectivity index (χ3v) is 4.19. The molecular weight excluding hydrogens is 232 g/mol. The minimum Gasteiger partial charge on any atom is -0.223 e. The molecule has 87 valence electrons. The summed E-state index contributed by atoms with van der Waals surface area (Å²) in [6, 6.07) is 15.8. The van der Waals surface area contributed by atoms with E-state index in [0.29, 0.717) is 4.90 Å². The van der Waals surface area contributed by atoms with Gasteiger partial charge in [0.1, 0.15) is 0 Å². The van der Waals surface area contributed by atoms with Crippen LogP contribution in [0.1, 0.15) is 11.1 Å². The highest BCUT2D eigenvalue weighted by Crippen LogP contribution is 2.16. The molecule has 0 aliphatic rings. The molecule has 0 aromatic heterocycles. The van der Waals surface area contributed by atoms with E-state index in [9.17, 15) is 8.42 Å². The predicted octanol–water partition coefficient (Wildman–Crippen LogP) is 2.84. The molecule has 0 aliphatic heterocycles. The fourth-order valence-corrected chi connectivity index (χ4v) is 2.92. The molecule has 2 nitrogen and oxygen atoms in total. The Bertz CT molecular complexity index is 584. The number of benzene rings is 2. The molecule has 2 rings (SSSR count). The summed E-state index contributed by atoms with van der Waals surface area (Å²) >= 11 is 0. The monoisotopic (exact) mass is 245 g/mol. The Hall–Kier alpha value is -1.61. The Morgan fingerprint density at radius 1 is 0.882 bits per heavy atom. The van der Waals surface area contributed by atoms with Crippen molar-refractivity contribution in [3.8, 4) is 0 Å². The summed E-state index contributed by atoms with van der Waals surface area (Å²) in [6.45, 7) is 3.73. The Morgan fingerprint density at radius 3 is 2.06 bits per heavy atom. The van der Waals surface area contributed by atoms with Crippen molar-refractivity contribution < 1.29 is 8.42 Å². The number of hydrogen-bond acceptors (Lipinski definition) is 2. The molecule has 2 aromatic carbocycles. The van der Waals surface area contributed by atoms with Crippen LogP contribution in [0, 0.1) is 6.92 Å². The maximum atomic E-state index is 12.1.